The van der Waals surface area contributed by atoms with Crippen LogP contribution >= 0.6 is 0 Å². The molecule has 22 heteroatoms. The van der Waals surface area contributed by atoms with Crippen molar-refractivity contribution >= 4 is 59.1 Å². The molecule has 1 aromatic rings. The highest BCUT2D eigenvalue weighted by Gasteiger charge is 2.41. The molecule has 1 heterocycles. The van der Waals surface area contributed by atoms with E-state index >= 15 is 0 Å². The zero-order valence-electron chi connectivity index (χ0n) is 38.2. The standard InChI is InChI=1S/C43H68N10O12/c1-8-23(6)35(41(62)51-34(22(4)5)40(61)50-30(43(64)65)18-21(2)3)52-39(60)31-10-9-17-53(31)42(63)29(19-25-11-13-26(54)14-12-25)49-38(59)28(20-33(46)56)48-37(58)27(15-16-32(45)55)47-36(57)24(7)44/h11-14,21-24,27-31,34-35,54H,8-10,15-20,44H2,1-7H3,(H2,45,55)(H2,46,56)(H,47,57)(H,48,58)(H,49,59)(H,50,61)(H,51,62)(H,52,60)(H,64,65)/t23-,24-,27-,28-,29-,30-,31-,34-,35-/m0/s1. The van der Waals surface area contributed by atoms with Crippen LogP contribution in [0.25, 0.3) is 0 Å². The molecule has 1 aliphatic rings. The third kappa shape index (κ3) is 17.6. The van der Waals surface area contributed by atoms with Crippen LogP contribution in [-0.2, 0) is 54.4 Å². The van der Waals surface area contributed by atoms with E-state index in [1.165, 1.54) is 36.1 Å². The summed E-state index contributed by atoms with van der Waals surface area (Å²) in [5, 5.41) is 34.8. The van der Waals surface area contributed by atoms with Crippen molar-refractivity contribution in [2.24, 2.45) is 35.0 Å². The van der Waals surface area contributed by atoms with Crippen molar-refractivity contribution in [2.45, 2.75) is 148 Å². The van der Waals surface area contributed by atoms with Crippen LogP contribution in [0.15, 0.2) is 24.3 Å². The highest BCUT2D eigenvalue weighted by atomic mass is 16.4. The molecule has 0 radical (unpaired) electrons. The zero-order valence-corrected chi connectivity index (χ0v) is 38.2. The lowest BCUT2D eigenvalue weighted by atomic mass is 9.95. The molecule has 22 nitrogen and oxygen atoms in total. The third-order valence-corrected chi connectivity index (χ3v) is 11.0. The molecule has 362 valence electrons. The van der Waals surface area contributed by atoms with Crippen LogP contribution in [0.4, 0.5) is 0 Å². The fourth-order valence-corrected chi connectivity index (χ4v) is 7.07. The van der Waals surface area contributed by atoms with Gasteiger partial charge < -0.3 is 64.2 Å². The number of hydrogen-bond acceptors (Lipinski definition) is 12. The minimum absolute atomic E-state index is 0.0522. The first kappa shape index (κ1) is 54.8. The predicted octanol–water partition coefficient (Wildman–Crippen LogP) is -1.84. The topological polar surface area (TPSA) is 365 Å². The molecule has 2 rings (SSSR count). The molecule has 0 aliphatic carbocycles. The molecule has 0 aromatic heterocycles. The number of aromatic hydroxyl groups is 1. The van der Waals surface area contributed by atoms with Crippen molar-refractivity contribution in [3.8, 4) is 5.75 Å². The number of carboxylic acid groups (broad SMARTS) is 1. The lowest BCUT2D eigenvalue weighted by Crippen LogP contribution is -2.61. The molecule has 1 saturated heterocycles. The number of carboxylic acids is 1. The minimum Gasteiger partial charge on any atom is -0.508 e. The van der Waals surface area contributed by atoms with E-state index in [9.17, 15) is 58.2 Å². The number of carbonyl (C=O) groups is 10. The maximum Gasteiger partial charge on any atom is 0.326 e. The molecule has 0 unspecified atom stereocenters. The van der Waals surface area contributed by atoms with Crippen LogP contribution in [-0.4, -0.2) is 129 Å². The van der Waals surface area contributed by atoms with Gasteiger partial charge >= 0.3 is 5.97 Å². The van der Waals surface area contributed by atoms with Crippen molar-refractivity contribution in [1.29, 1.82) is 0 Å². The number of primary amides is 2. The van der Waals surface area contributed by atoms with Crippen molar-refractivity contribution in [2.75, 3.05) is 6.54 Å². The maximum absolute atomic E-state index is 14.5. The highest BCUT2D eigenvalue weighted by molar-refractivity contribution is 5.99. The molecule has 65 heavy (non-hydrogen) atoms. The number of rotatable bonds is 26. The fourth-order valence-electron chi connectivity index (χ4n) is 7.07. The van der Waals surface area contributed by atoms with Gasteiger partial charge in [-0.15, -0.1) is 0 Å². The second-order valence-corrected chi connectivity index (χ2v) is 17.3. The zero-order chi connectivity index (χ0) is 49.3. The number of nitrogens with zero attached hydrogens (tertiary/aromatic N) is 1. The Hall–Kier alpha value is -6.32. The smallest absolute Gasteiger partial charge is 0.326 e. The Morgan fingerprint density at radius 3 is 1.78 bits per heavy atom. The normalized spacial score (nSPS) is 17.3. The van der Waals surface area contributed by atoms with Crippen molar-refractivity contribution < 1.29 is 58.2 Å². The number of amides is 9. The van der Waals surface area contributed by atoms with E-state index in [1.807, 2.05) is 0 Å². The van der Waals surface area contributed by atoms with E-state index < -0.39 is 126 Å². The van der Waals surface area contributed by atoms with Gasteiger partial charge in [-0.05, 0) is 68.1 Å². The van der Waals surface area contributed by atoms with Gasteiger partial charge in [0.05, 0.1) is 12.5 Å². The Balaban J connectivity index is 2.44. The van der Waals surface area contributed by atoms with E-state index in [0.717, 1.165) is 0 Å². The summed E-state index contributed by atoms with van der Waals surface area (Å²) in [6, 6.07) is -4.62. The molecule has 1 aromatic carbocycles. The average Bonchev–Trinajstić information content (AvgIpc) is 3.72. The largest absolute Gasteiger partial charge is 0.508 e. The molecular formula is C43H68N10O12. The molecule has 1 fully saturated rings. The fraction of sp³-hybridized carbons (Fsp3) is 0.628. The second kappa shape index (κ2) is 25.8. The summed E-state index contributed by atoms with van der Waals surface area (Å²) in [4.78, 5) is 133. The maximum atomic E-state index is 14.5. The molecule has 0 spiro atoms. The molecule has 9 amide bonds. The van der Waals surface area contributed by atoms with E-state index in [2.05, 4.69) is 31.9 Å². The van der Waals surface area contributed by atoms with E-state index in [1.54, 1.807) is 41.5 Å². The monoisotopic (exact) mass is 917 g/mol. The predicted molar refractivity (Wildman–Crippen MR) is 235 cm³/mol. The van der Waals surface area contributed by atoms with Crippen LogP contribution < -0.4 is 49.1 Å². The number of phenols is 1. The first-order chi connectivity index (χ1) is 30.4. The number of hydrogen-bond donors (Lipinski definition) is 11. The van der Waals surface area contributed by atoms with Crippen LogP contribution in [0.3, 0.4) is 0 Å². The van der Waals surface area contributed by atoms with Gasteiger partial charge in [0.2, 0.25) is 53.2 Å². The van der Waals surface area contributed by atoms with Gasteiger partial charge in [0.1, 0.15) is 48.0 Å². The summed E-state index contributed by atoms with van der Waals surface area (Å²) in [7, 11) is 0. The minimum atomic E-state index is -1.70. The Bertz CT molecular complexity index is 1870. The lowest BCUT2D eigenvalue weighted by Gasteiger charge is -2.32. The van der Waals surface area contributed by atoms with Crippen LogP contribution in [0, 0.1) is 17.8 Å². The van der Waals surface area contributed by atoms with E-state index in [0.29, 0.717) is 18.4 Å². The van der Waals surface area contributed by atoms with Crippen LogP contribution in [0.5, 0.6) is 5.75 Å². The molecule has 9 atom stereocenters. The highest BCUT2D eigenvalue weighted by Crippen LogP contribution is 2.22. The average molecular weight is 917 g/mol. The quantitative estimate of drug-likeness (QED) is 0.0487. The summed E-state index contributed by atoms with van der Waals surface area (Å²) < 4.78 is 0. The summed E-state index contributed by atoms with van der Waals surface area (Å²) in [5.74, 6) is -9.79. The third-order valence-electron chi connectivity index (χ3n) is 11.0. The van der Waals surface area contributed by atoms with Gasteiger partial charge in [-0.3, -0.25) is 43.2 Å². The number of nitrogens with one attached hydrogen (secondary N) is 6. The molecule has 1 aliphatic heterocycles. The Labute approximate surface area is 378 Å². The van der Waals surface area contributed by atoms with Gasteiger partial charge in [0, 0.05) is 19.4 Å². The van der Waals surface area contributed by atoms with Gasteiger partial charge in [0.25, 0.3) is 0 Å². The van der Waals surface area contributed by atoms with Crippen molar-refractivity contribution in [3.63, 3.8) is 0 Å². The van der Waals surface area contributed by atoms with E-state index in [-0.39, 0.29) is 50.3 Å². The number of nitrogens with two attached hydrogens (primary N) is 3. The SMILES string of the molecule is CC[C@H](C)[C@H](NC(=O)[C@@H]1CCCN1C(=O)[C@H](Cc1ccc(O)cc1)NC(=O)[C@H](CC(N)=O)NC(=O)[C@H](CCC(N)=O)NC(=O)[C@H](C)N)C(=O)N[C@H](C(=O)N[C@@H](CC(C)C)C(=O)O)C(C)C. The Kier molecular flexibility index (Phi) is 21.8. The summed E-state index contributed by atoms with van der Waals surface area (Å²) in [6.07, 6.45) is -0.512. The number of phenolic OH excluding ortho intramolecular Hbond substituents is 1. The number of aliphatic carboxylic acids is 1. The number of benzene rings is 1. The molecular weight excluding hydrogens is 849 g/mol. The first-order valence-corrected chi connectivity index (χ1v) is 21.8. The Morgan fingerprint density at radius 2 is 1.26 bits per heavy atom. The lowest BCUT2D eigenvalue weighted by molar-refractivity contribution is -0.143. The van der Waals surface area contributed by atoms with Gasteiger partial charge in [-0.25, -0.2) is 4.79 Å². The Morgan fingerprint density at radius 1 is 0.708 bits per heavy atom. The summed E-state index contributed by atoms with van der Waals surface area (Å²) in [5.41, 5.74) is 16.8. The molecule has 0 saturated carbocycles. The van der Waals surface area contributed by atoms with Crippen molar-refractivity contribution in [3.05, 3.63) is 29.8 Å². The van der Waals surface area contributed by atoms with Gasteiger partial charge in [0.15, 0.2) is 0 Å². The van der Waals surface area contributed by atoms with Crippen molar-refractivity contribution in [1.82, 2.24) is 36.8 Å². The molecule has 14 N–H and O–H groups in total. The summed E-state index contributed by atoms with van der Waals surface area (Å²) in [6.45, 7) is 11.9. The number of likely N-dealkylation sites (tertiary alicyclic amines) is 1. The second-order valence-electron chi connectivity index (χ2n) is 17.3. The summed E-state index contributed by atoms with van der Waals surface area (Å²) >= 11 is 0. The van der Waals surface area contributed by atoms with Crippen LogP contribution in [0.2, 0.25) is 0 Å². The number of carbonyl (C=O) groups excluding carboxylic acids is 9. The molecule has 0 bridgehead atoms. The van der Waals surface area contributed by atoms with Crippen LogP contribution in [0.1, 0.15) is 99.0 Å². The van der Waals surface area contributed by atoms with Gasteiger partial charge in [-0.2, -0.15) is 0 Å². The van der Waals surface area contributed by atoms with Gasteiger partial charge in [-0.1, -0.05) is 60.1 Å². The first-order valence-electron chi connectivity index (χ1n) is 21.8. The van der Waals surface area contributed by atoms with E-state index in [4.69, 9.17) is 17.2 Å².